The molecule has 146 valence electrons. The lowest BCUT2D eigenvalue weighted by Crippen LogP contribution is -2.28. The van der Waals surface area contributed by atoms with E-state index in [0.717, 1.165) is 31.6 Å². The van der Waals surface area contributed by atoms with E-state index in [0.29, 0.717) is 18.1 Å². The Balaban J connectivity index is 1.48. The molecule has 0 fully saturated rings. The van der Waals surface area contributed by atoms with Crippen LogP contribution in [0.1, 0.15) is 60.4 Å². The van der Waals surface area contributed by atoms with Crippen molar-refractivity contribution in [3.05, 3.63) is 59.1 Å². The first-order valence-electron chi connectivity index (χ1n) is 10.4. The number of hydrogen-bond donors (Lipinski definition) is 1. The number of aryl methyl sites for hydroxylation is 2. The number of fused-ring (bicyclic) bond motifs is 1. The predicted molar refractivity (Wildman–Crippen MR) is 112 cm³/mol. The molecule has 1 aliphatic heterocycles. The van der Waals surface area contributed by atoms with Crippen LogP contribution in [0.25, 0.3) is 0 Å². The fourth-order valence-electron chi connectivity index (χ4n) is 4.14. The van der Waals surface area contributed by atoms with Gasteiger partial charge in [0.1, 0.15) is 17.3 Å². The first-order chi connectivity index (χ1) is 13.7. The number of anilines is 2. The highest BCUT2D eigenvalue weighted by Gasteiger charge is 2.21. The number of aromatic nitrogens is 2. The second kappa shape index (κ2) is 8.55. The van der Waals surface area contributed by atoms with Gasteiger partial charge in [-0.25, -0.2) is 9.97 Å². The topological polar surface area (TPSA) is 58.1 Å². The smallest absolute Gasteiger partial charge is 0.270 e. The van der Waals surface area contributed by atoms with Crippen LogP contribution >= 0.6 is 0 Å². The minimum absolute atomic E-state index is 0.117. The largest absolute Gasteiger partial charge is 0.350 e. The van der Waals surface area contributed by atoms with E-state index in [1.165, 1.54) is 42.5 Å². The van der Waals surface area contributed by atoms with Gasteiger partial charge in [0.2, 0.25) is 0 Å². The normalized spacial score (nSPS) is 16.3. The lowest BCUT2D eigenvalue weighted by molar-refractivity contribution is 0.0948. The summed E-state index contributed by atoms with van der Waals surface area (Å²) in [4.78, 5) is 23.9. The van der Waals surface area contributed by atoms with Crippen LogP contribution < -0.4 is 10.2 Å². The molecule has 0 saturated carbocycles. The minimum atomic E-state index is -0.117. The third kappa shape index (κ3) is 4.24. The number of carbonyl (C=O) groups excluding carboxylic acids is 1. The van der Waals surface area contributed by atoms with Crippen LogP contribution in [0.4, 0.5) is 11.5 Å². The number of benzene rings is 1. The van der Waals surface area contributed by atoms with Gasteiger partial charge in [0.25, 0.3) is 5.91 Å². The van der Waals surface area contributed by atoms with Gasteiger partial charge in [-0.1, -0.05) is 29.8 Å². The van der Waals surface area contributed by atoms with Gasteiger partial charge in [-0.3, -0.25) is 4.79 Å². The van der Waals surface area contributed by atoms with Crippen LogP contribution in [0, 0.1) is 6.92 Å². The predicted octanol–water partition coefficient (Wildman–Crippen LogP) is 4.49. The summed E-state index contributed by atoms with van der Waals surface area (Å²) < 4.78 is 0. The molecular weight excluding hydrogens is 348 g/mol. The number of nitrogens with zero attached hydrogens (tertiary/aromatic N) is 3. The summed E-state index contributed by atoms with van der Waals surface area (Å²) >= 11 is 0. The molecule has 4 rings (SSSR count). The molecule has 1 aromatic heterocycles. The standard InChI is InChI=1S/C23H28N4O/c1-17-25-20(23(28)24-14-13-18-8-3-2-4-9-18)16-22(26-17)27-15-7-11-19-10-5-6-12-21(19)27/h5-6,8,10,12,16H,2-4,7,9,11,13-15H2,1H3,(H,24,28). The van der Waals surface area contributed by atoms with Crippen molar-refractivity contribution >= 4 is 17.4 Å². The number of allylic oxidation sites excluding steroid dienone is 1. The zero-order chi connectivity index (χ0) is 19.3. The van der Waals surface area contributed by atoms with Crippen molar-refractivity contribution in [3.63, 3.8) is 0 Å². The Morgan fingerprint density at radius 1 is 1.14 bits per heavy atom. The van der Waals surface area contributed by atoms with E-state index in [1.807, 2.05) is 13.0 Å². The Hall–Kier alpha value is -2.69. The third-order valence-corrected chi connectivity index (χ3v) is 5.56. The summed E-state index contributed by atoms with van der Waals surface area (Å²) in [5, 5.41) is 3.03. The average Bonchev–Trinajstić information content (AvgIpc) is 2.73. The van der Waals surface area contributed by atoms with Gasteiger partial charge < -0.3 is 10.2 Å². The van der Waals surface area contributed by atoms with Crippen LogP contribution in [0.2, 0.25) is 0 Å². The minimum Gasteiger partial charge on any atom is -0.350 e. The first-order valence-corrected chi connectivity index (χ1v) is 10.4. The molecule has 5 nitrogen and oxygen atoms in total. The maximum absolute atomic E-state index is 12.7. The molecule has 0 bridgehead atoms. The molecule has 5 heteroatoms. The number of nitrogens with one attached hydrogen (secondary N) is 1. The van der Waals surface area contributed by atoms with Crippen molar-refractivity contribution in [1.82, 2.24) is 15.3 Å². The number of rotatable bonds is 5. The van der Waals surface area contributed by atoms with Gasteiger partial charge in [-0.05, 0) is 63.5 Å². The highest BCUT2D eigenvalue weighted by molar-refractivity contribution is 5.93. The Bertz CT molecular complexity index is 890. The molecular formula is C23H28N4O. The molecule has 0 atom stereocenters. The van der Waals surface area contributed by atoms with Gasteiger partial charge in [-0.2, -0.15) is 0 Å². The van der Waals surface area contributed by atoms with E-state index >= 15 is 0 Å². The zero-order valence-corrected chi connectivity index (χ0v) is 16.6. The molecule has 2 heterocycles. The van der Waals surface area contributed by atoms with Crippen LogP contribution in [0.5, 0.6) is 0 Å². The zero-order valence-electron chi connectivity index (χ0n) is 16.6. The number of para-hydroxylation sites is 1. The van der Waals surface area contributed by atoms with Crippen molar-refractivity contribution in [2.45, 2.75) is 51.9 Å². The van der Waals surface area contributed by atoms with Gasteiger partial charge in [0, 0.05) is 24.8 Å². The SMILES string of the molecule is Cc1nc(C(=O)NCCC2=CCCCC2)cc(N2CCCc3ccccc32)n1. The highest BCUT2D eigenvalue weighted by atomic mass is 16.1. The molecule has 1 amide bonds. The average molecular weight is 377 g/mol. The second-order valence-corrected chi connectivity index (χ2v) is 7.66. The van der Waals surface area contributed by atoms with Gasteiger partial charge in [0.05, 0.1) is 0 Å². The van der Waals surface area contributed by atoms with Crippen LogP contribution in [0.15, 0.2) is 42.0 Å². The monoisotopic (exact) mass is 376 g/mol. The van der Waals surface area contributed by atoms with Crippen molar-refractivity contribution < 1.29 is 4.79 Å². The molecule has 2 aliphatic rings. The van der Waals surface area contributed by atoms with Crippen LogP contribution in [0.3, 0.4) is 0 Å². The summed E-state index contributed by atoms with van der Waals surface area (Å²) in [6.07, 6.45) is 10.3. The maximum Gasteiger partial charge on any atom is 0.270 e. The van der Waals surface area contributed by atoms with Crippen molar-refractivity contribution in [2.24, 2.45) is 0 Å². The van der Waals surface area contributed by atoms with E-state index in [1.54, 1.807) is 0 Å². The summed E-state index contributed by atoms with van der Waals surface area (Å²) in [5.41, 5.74) is 4.43. The Morgan fingerprint density at radius 3 is 2.89 bits per heavy atom. The molecule has 0 saturated heterocycles. The lowest BCUT2D eigenvalue weighted by Gasteiger charge is -2.30. The highest BCUT2D eigenvalue weighted by Crippen LogP contribution is 2.32. The van der Waals surface area contributed by atoms with E-state index in [-0.39, 0.29) is 5.91 Å². The molecule has 1 N–H and O–H groups in total. The van der Waals surface area contributed by atoms with E-state index in [2.05, 4.69) is 50.5 Å². The number of amides is 1. The Kier molecular flexibility index (Phi) is 5.70. The molecule has 0 unspecified atom stereocenters. The molecule has 1 aromatic carbocycles. The molecule has 0 spiro atoms. The van der Waals surface area contributed by atoms with Crippen molar-refractivity contribution in [3.8, 4) is 0 Å². The summed E-state index contributed by atoms with van der Waals surface area (Å²) in [7, 11) is 0. The van der Waals surface area contributed by atoms with E-state index < -0.39 is 0 Å². The number of hydrogen-bond acceptors (Lipinski definition) is 4. The van der Waals surface area contributed by atoms with Crippen molar-refractivity contribution in [2.75, 3.05) is 18.0 Å². The summed E-state index contributed by atoms with van der Waals surface area (Å²) in [6.45, 7) is 3.42. The van der Waals surface area contributed by atoms with E-state index in [4.69, 9.17) is 0 Å². The summed E-state index contributed by atoms with van der Waals surface area (Å²) in [6, 6.07) is 10.3. The maximum atomic E-state index is 12.7. The fraction of sp³-hybridized carbons (Fsp3) is 0.435. The quantitative estimate of drug-likeness (QED) is 0.781. The molecule has 2 aromatic rings. The van der Waals surface area contributed by atoms with Crippen LogP contribution in [-0.4, -0.2) is 29.0 Å². The van der Waals surface area contributed by atoms with Gasteiger partial charge in [-0.15, -0.1) is 0 Å². The number of carbonyl (C=O) groups is 1. The van der Waals surface area contributed by atoms with Gasteiger partial charge in [0.15, 0.2) is 0 Å². The molecule has 0 radical (unpaired) electrons. The molecule has 28 heavy (non-hydrogen) atoms. The first kappa shape index (κ1) is 18.7. The second-order valence-electron chi connectivity index (χ2n) is 7.66. The van der Waals surface area contributed by atoms with Crippen LogP contribution in [-0.2, 0) is 6.42 Å². The molecule has 1 aliphatic carbocycles. The van der Waals surface area contributed by atoms with Crippen molar-refractivity contribution in [1.29, 1.82) is 0 Å². The fourth-order valence-corrected chi connectivity index (χ4v) is 4.14. The lowest BCUT2D eigenvalue weighted by atomic mass is 9.97. The third-order valence-electron chi connectivity index (χ3n) is 5.56. The van der Waals surface area contributed by atoms with E-state index in [9.17, 15) is 4.79 Å². The Morgan fingerprint density at radius 2 is 2.04 bits per heavy atom. The van der Waals surface area contributed by atoms with Gasteiger partial charge >= 0.3 is 0 Å². The Labute approximate surface area is 166 Å². The summed E-state index contributed by atoms with van der Waals surface area (Å²) in [5.74, 6) is 1.31.